The summed E-state index contributed by atoms with van der Waals surface area (Å²) < 4.78 is 0.403. The maximum Gasteiger partial charge on any atom is 0.0470 e. The molecule has 1 heterocycles. The molecular formula is C16H26N2S. The van der Waals surface area contributed by atoms with Crippen LogP contribution in [0.2, 0.25) is 0 Å². The van der Waals surface area contributed by atoms with Gasteiger partial charge in [0.25, 0.3) is 0 Å². The maximum atomic E-state index is 6.06. The van der Waals surface area contributed by atoms with E-state index in [1.807, 2.05) is 0 Å². The predicted octanol–water partition coefficient (Wildman–Crippen LogP) is 3.21. The van der Waals surface area contributed by atoms with E-state index in [0.29, 0.717) is 17.3 Å². The minimum Gasteiger partial charge on any atom is -0.329 e. The Morgan fingerprint density at radius 2 is 2.16 bits per heavy atom. The molecule has 0 bridgehead atoms. The van der Waals surface area contributed by atoms with Crippen LogP contribution in [0.1, 0.15) is 37.4 Å². The second kappa shape index (κ2) is 6.29. The number of nitrogens with two attached hydrogens (primary N) is 1. The van der Waals surface area contributed by atoms with Gasteiger partial charge >= 0.3 is 0 Å². The first-order valence-corrected chi connectivity index (χ1v) is 8.15. The summed E-state index contributed by atoms with van der Waals surface area (Å²) in [5.41, 5.74) is 8.74. The smallest absolute Gasteiger partial charge is 0.0470 e. The number of aryl methyl sites for hydroxylation is 1. The highest BCUT2D eigenvalue weighted by atomic mass is 32.2. The average molecular weight is 278 g/mol. The lowest BCUT2D eigenvalue weighted by Gasteiger charge is -2.30. The van der Waals surface area contributed by atoms with E-state index >= 15 is 0 Å². The summed E-state index contributed by atoms with van der Waals surface area (Å²) >= 11 is 2.09. The second-order valence-corrected chi connectivity index (χ2v) is 7.86. The molecule has 0 saturated carbocycles. The molecular weight excluding hydrogens is 252 g/mol. The maximum absolute atomic E-state index is 6.06. The molecule has 106 valence electrons. The van der Waals surface area contributed by atoms with Gasteiger partial charge in [-0.05, 0) is 18.9 Å². The van der Waals surface area contributed by atoms with E-state index in [0.717, 1.165) is 13.1 Å². The molecule has 0 aromatic heterocycles. The second-order valence-electron chi connectivity index (χ2n) is 6.06. The predicted molar refractivity (Wildman–Crippen MR) is 85.7 cm³/mol. The van der Waals surface area contributed by atoms with Crippen LogP contribution in [0.3, 0.4) is 0 Å². The molecule has 1 aromatic rings. The summed E-state index contributed by atoms with van der Waals surface area (Å²) in [5, 5.41) is 0. The van der Waals surface area contributed by atoms with Crippen molar-refractivity contribution in [1.82, 2.24) is 4.90 Å². The molecule has 19 heavy (non-hydrogen) atoms. The van der Waals surface area contributed by atoms with E-state index in [2.05, 4.69) is 61.7 Å². The lowest BCUT2D eigenvalue weighted by Crippen LogP contribution is -2.36. The zero-order valence-electron chi connectivity index (χ0n) is 12.4. The van der Waals surface area contributed by atoms with E-state index in [-0.39, 0.29) is 0 Å². The number of rotatable bonds is 3. The number of hydrogen-bond acceptors (Lipinski definition) is 3. The van der Waals surface area contributed by atoms with Crippen LogP contribution in [0.25, 0.3) is 0 Å². The summed E-state index contributed by atoms with van der Waals surface area (Å²) in [6, 6.07) is 9.16. The van der Waals surface area contributed by atoms with Crippen molar-refractivity contribution in [2.45, 2.75) is 38.0 Å². The van der Waals surface area contributed by atoms with Gasteiger partial charge in [-0.3, -0.25) is 4.90 Å². The molecule has 0 radical (unpaired) electrons. The van der Waals surface area contributed by atoms with Crippen LogP contribution >= 0.6 is 11.8 Å². The third kappa shape index (κ3) is 3.98. The highest BCUT2D eigenvalue weighted by Gasteiger charge is 2.27. The van der Waals surface area contributed by atoms with Gasteiger partial charge in [0.05, 0.1) is 0 Å². The third-order valence-electron chi connectivity index (χ3n) is 3.96. The summed E-state index contributed by atoms with van der Waals surface area (Å²) in [4.78, 5) is 2.57. The number of hydrogen-bond donors (Lipinski definition) is 1. The van der Waals surface area contributed by atoms with Crippen molar-refractivity contribution in [3.63, 3.8) is 0 Å². The van der Waals surface area contributed by atoms with Gasteiger partial charge in [-0.1, -0.05) is 43.7 Å². The first kappa shape index (κ1) is 14.9. The van der Waals surface area contributed by atoms with Crippen LogP contribution in [-0.4, -0.2) is 35.0 Å². The summed E-state index contributed by atoms with van der Waals surface area (Å²) in [6.07, 6.45) is 1.24. The van der Waals surface area contributed by atoms with Crippen LogP contribution in [0.15, 0.2) is 24.3 Å². The van der Waals surface area contributed by atoms with Crippen LogP contribution in [0.4, 0.5) is 0 Å². The topological polar surface area (TPSA) is 29.3 Å². The molecule has 3 heteroatoms. The van der Waals surface area contributed by atoms with Crippen molar-refractivity contribution in [1.29, 1.82) is 0 Å². The van der Waals surface area contributed by atoms with Crippen molar-refractivity contribution >= 4 is 11.8 Å². The SMILES string of the molecule is Cc1cccc(C(CN)N2CCSC(C)(C)CC2)c1. The number of thioether (sulfide) groups is 1. The van der Waals surface area contributed by atoms with E-state index in [1.54, 1.807) is 0 Å². The zero-order valence-corrected chi connectivity index (χ0v) is 13.2. The Balaban J connectivity index is 2.13. The highest BCUT2D eigenvalue weighted by Crippen LogP contribution is 2.33. The van der Waals surface area contributed by atoms with Gasteiger partial charge in [0, 0.05) is 36.2 Å². The Kier molecular flexibility index (Phi) is 4.93. The van der Waals surface area contributed by atoms with Gasteiger partial charge in [-0.25, -0.2) is 0 Å². The Labute approximate surface area is 121 Å². The van der Waals surface area contributed by atoms with E-state index in [9.17, 15) is 0 Å². The van der Waals surface area contributed by atoms with Crippen LogP contribution < -0.4 is 5.73 Å². The fourth-order valence-corrected chi connectivity index (χ4v) is 3.84. The lowest BCUT2D eigenvalue weighted by atomic mass is 10.0. The molecule has 1 fully saturated rings. The Bertz CT molecular complexity index is 417. The molecule has 1 atom stereocenters. The third-order valence-corrected chi connectivity index (χ3v) is 5.34. The molecule has 2 N–H and O–H groups in total. The molecule has 1 saturated heterocycles. The minimum absolute atomic E-state index is 0.370. The summed E-state index contributed by atoms with van der Waals surface area (Å²) in [7, 11) is 0. The van der Waals surface area contributed by atoms with E-state index in [4.69, 9.17) is 5.73 Å². The number of benzene rings is 1. The van der Waals surface area contributed by atoms with Crippen molar-refractivity contribution in [3.8, 4) is 0 Å². The Hall–Kier alpha value is -0.510. The Morgan fingerprint density at radius 1 is 1.37 bits per heavy atom. The zero-order chi connectivity index (χ0) is 13.9. The van der Waals surface area contributed by atoms with Gasteiger partial charge in [-0.15, -0.1) is 0 Å². The molecule has 1 unspecified atom stereocenters. The fourth-order valence-electron chi connectivity index (χ4n) is 2.72. The monoisotopic (exact) mass is 278 g/mol. The molecule has 1 aromatic carbocycles. The molecule has 2 rings (SSSR count). The average Bonchev–Trinajstić information content (AvgIpc) is 2.52. The lowest BCUT2D eigenvalue weighted by molar-refractivity contribution is 0.211. The largest absolute Gasteiger partial charge is 0.329 e. The van der Waals surface area contributed by atoms with Gasteiger partial charge in [-0.2, -0.15) is 11.8 Å². The molecule has 0 aliphatic carbocycles. The van der Waals surface area contributed by atoms with E-state index in [1.165, 1.54) is 23.3 Å². The van der Waals surface area contributed by atoms with Crippen molar-refractivity contribution < 1.29 is 0 Å². The van der Waals surface area contributed by atoms with E-state index < -0.39 is 0 Å². The van der Waals surface area contributed by atoms with Crippen molar-refractivity contribution in [2.24, 2.45) is 5.73 Å². The van der Waals surface area contributed by atoms with Crippen LogP contribution in [-0.2, 0) is 0 Å². The fraction of sp³-hybridized carbons (Fsp3) is 0.625. The van der Waals surface area contributed by atoms with Crippen molar-refractivity contribution in [3.05, 3.63) is 35.4 Å². The van der Waals surface area contributed by atoms with Gasteiger partial charge in [0.15, 0.2) is 0 Å². The standard InChI is InChI=1S/C16H26N2S/c1-13-5-4-6-14(11-13)15(12-17)18-8-7-16(2,3)19-10-9-18/h4-6,11,15H,7-10,12,17H2,1-3H3. The highest BCUT2D eigenvalue weighted by molar-refractivity contribution is 8.00. The molecule has 0 amide bonds. The first-order chi connectivity index (χ1) is 9.02. The molecule has 1 aliphatic heterocycles. The number of nitrogens with zero attached hydrogens (tertiary/aromatic N) is 1. The summed E-state index contributed by atoms with van der Waals surface area (Å²) in [5.74, 6) is 1.20. The van der Waals surface area contributed by atoms with Gasteiger partial charge in [0.2, 0.25) is 0 Å². The van der Waals surface area contributed by atoms with Gasteiger partial charge in [0.1, 0.15) is 0 Å². The van der Waals surface area contributed by atoms with Crippen LogP contribution in [0, 0.1) is 6.92 Å². The quantitative estimate of drug-likeness (QED) is 0.920. The van der Waals surface area contributed by atoms with Crippen LogP contribution in [0.5, 0.6) is 0 Å². The molecule has 2 nitrogen and oxygen atoms in total. The first-order valence-electron chi connectivity index (χ1n) is 7.16. The van der Waals surface area contributed by atoms with Gasteiger partial charge < -0.3 is 5.73 Å². The van der Waals surface area contributed by atoms with Crippen molar-refractivity contribution in [2.75, 3.05) is 25.4 Å². The summed E-state index contributed by atoms with van der Waals surface area (Å²) in [6.45, 7) is 9.85. The normalized spacial score (nSPS) is 21.9. The molecule has 0 spiro atoms. The Morgan fingerprint density at radius 3 is 2.84 bits per heavy atom. The molecule has 1 aliphatic rings. The minimum atomic E-state index is 0.370.